The first-order valence-electron chi connectivity index (χ1n) is 7.83. The molecule has 1 N–H and O–H groups in total. The van der Waals surface area contributed by atoms with Gasteiger partial charge in [0.1, 0.15) is 11.1 Å². The van der Waals surface area contributed by atoms with Crippen LogP contribution in [0, 0.1) is 24.2 Å². The van der Waals surface area contributed by atoms with E-state index in [1.165, 1.54) is 16.6 Å². The molecule has 0 saturated carbocycles. The quantitative estimate of drug-likeness (QED) is 0.668. The summed E-state index contributed by atoms with van der Waals surface area (Å²) in [5.74, 6) is 0.737. The Hall–Kier alpha value is -1.91. The standard InChI is InChI=1S/C17H18N4OS2/c1-10-3-4-12-13(8-18)16(24-14(12)7-10)21-15(22)9-23-17-19-6-5-11(2)20-17/h5-6,10H,3-4,7,9H2,1-2H3,(H,21,22)/t10-/m0/s1. The fourth-order valence-electron chi connectivity index (χ4n) is 2.75. The number of thiophene rings is 1. The van der Waals surface area contributed by atoms with E-state index in [2.05, 4.69) is 28.3 Å². The molecule has 0 saturated heterocycles. The van der Waals surface area contributed by atoms with Gasteiger partial charge in [0.05, 0.1) is 11.3 Å². The lowest BCUT2D eigenvalue weighted by atomic mass is 9.89. The molecule has 1 amide bonds. The third-order valence-corrected chi connectivity index (χ3v) is 6.01. The molecular weight excluding hydrogens is 340 g/mol. The van der Waals surface area contributed by atoms with Crippen molar-refractivity contribution < 1.29 is 4.79 Å². The van der Waals surface area contributed by atoms with Crippen LogP contribution in [0.5, 0.6) is 0 Å². The predicted octanol–water partition coefficient (Wildman–Crippen LogP) is 3.57. The molecule has 3 rings (SSSR count). The molecule has 0 spiro atoms. The third kappa shape index (κ3) is 3.77. The fourth-order valence-corrected chi connectivity index (χ4v) is 4.80. The summed E-state index contributed by atoms with van der Waals surface area (Å²) in [7, 11) is 0. The molecule has 1 aliphatic rings. The molecule has 0 fully saturated rings. The van der Waals surface area contributed by atoms with E-state index in [9.17, 15) is 10.1 Å². The minimum absolute atomic E-state index is 0.131. The molecule has 24 heavy (non-hydrogen) atoms. The zero-order valence-corrected chi connectivity index (χ0v) is 15.3. The van der Waals surface area contributed by atoms with Gasteiger partial charge in [0.25, 0.3) is 0 Å². The Kier molecular flexibility index (Phi) is 5.17. The SMILES string of the molecule is Cc1ccnc(SCC(=O)Nc2sc3c(c2C#N)CC[C@H](C)C3)n1. The lowest BCUT2D eigenvalue weighted by Crippen LogP contribution is -2.14. The van der Waals surface area contributed by atoms with E-state index < -0.39 is 0 Å². The van der Waals surface area contributed by atoms with E-state index in [0.717, 1.165) is 30.5 Å². The van der Waals surface area contributed by atoms with E-state index in [1.54, 1.807) is 17.5 Å². The average Bonchev–Trinajstić information content (AvgIpc) is 2.89. The molecule has 7 heteroatoms. The molecule has 1 atom stereocenters. The van der Waals surface area contributed by atoms with Gasteiger partial charge in [-0.05, 0) is 43.7 Å². The Balaban J connectivity index is 1.67. The molecule has 1 aliphatic carbocycles. The van der Waals surface area contributed by atoms with Crippen LogP contribution in [0.3, 0.4) is 0 Å². The fraction of sp³-hybridized carbons (Fsp3) is 0.412. The molecular formula is C17H18N4OS2. The van der Waals surface area contributed by atoms with E-state index in [0.29, 0.717) is 21.6 Å². The van der Waals surface area contributed by atoms with Gasteiger partial charge in [0.2, 0.25) is 5.91 Å². The Labute approximate surface area is 149 Å². The first-order valence-corrected chi connectivity index (χ1v) is 9.64. The number of nitriles is 1. The lowest BCUT2D eigenvalue weighted by molar-refractivity contribution is -0.113. The highest BCUT2D eigenvalue weighted by molar-refractivity contribution is 7.99. The van der Waals surface area contributed by atoms with Gasteiger partial charge in [-0.25, -0.2) is 9.97 Å². The van der Waals surface area contributed by atoms with Gasteiger partial charge in [-0.1, -0.05) is 18.7 Å². The Morgan fingerprint density at radius 2 is 2.42 bits per heavy atom. The minimum Gasteiger partial charge on any atom is -0.316 e. The molecule has 2 heterocycles. The molecule has 2 aromatic heterocycles. The first kappa shape index (κ1) is 16.9. The predicted molar refractivity (Wildman–Crippen MR) is 96.3 cm³/mol. The summed E-state index contributed by atoms with van der Waals surface area (Å²) in [6.07, 6.45) is 4.71. The van der Waals surface area contributed by atoms with Crippen molar-refractivity contribution in [1.82, 2.24) is 9.97 Å². The topological polar surface area (TPSA) is 78.7 Å². The van der Waals surface area contributed by atoms with Gasteiger partial charge < -0.3 is 5.32 Å². The smallest absolute Gasteiger partial charge is 0.235 e. The number of thioether (sulfide) groups is 1. The monoisotopic (exact) mass is 358 g/mol. The molecule has 0 aliphatic heterocycles. The van der Waals surface area contributed by atoms with Gasteiger partial charge in [-0.2, -0.15) is 5.26 Å². The second-order valence-electron chi connectivity index (χ2n) is 5.99. The molecule has 2 aromatic rings. The summed E-state index contributed by atoms with van der Waals surface area (Å²) in [5, 5.41) is 13.6. The van der Waals surface area contributed by atoms with Crippen molar-refractivity contribution in [2.75, 3.05) is 11.1 Å². The first-order chi connectivity index (χ1) is 11.6. The van der Waals surface area contributed by atoms with E-state index in [4.69, 9.17) is 0 Å². The van der Waals surface area contributed by atoms with Crippen molar-refractivity contribution in [2.24, 2.45) is 5.92 Å². The van der Waals surface area contributed by atoms with Gasteiger partial charge in [0, 0.05) is 16.8 Å². The van der Waals surface area contributed by atoms with Gasteiger partial charge in [0.15, 0.2) is 5.16 Å². The van der Waals surface area contributed by atoms with Crippen molar-refractivity contribution in [1.29, 1.82) is 5.26 Å². The number of nitrogens with zero attached hydrogens (tertiary/aromatic N) is 3. The molecule has 0 bridgehead atoms. The summed E-state index contributed by atoms with van der Waals surface area (Å²) in [4.78, 5) is 21.9. The van der Waals surface area contributed by atoms with Crippen LogP contribution in [0.1, 0.15) is 35.0 Å². The molecule has 124 valence electrons. The zero-order chi connectivity index (χ0) is 17.1. The number of hydrogen-bond donors (Lipinski definition) is 1. The number of aromatic nitrogens is 2. The number of carbonyl (C=O) groups is 1. The second-order valence-corrected chi connectivity index (χ2v) is 8.03. The third-order valence-electron chi connectivity index (χ3n) is 3.98. The van der Waals surface area contributed by atoms with Gasteiger partial charge in [-0.3, -0.25) is 4.79 Å². The van der Waals surface area contributed by atoms with Crippen LogP contribution >= 0.6 is 23.1 Å². The number of anilines is 1. The van der Waals surface area contributed by atoms with Crippen LogP contribution in [-0.2, 0) is 17.6 Å². The number of fused-ring (bicyclic) bond motifs is 1. The van der Waals surface area contributed by atoms with Crippen molar-refractivity contribution in [3.8, 4) is 6.07 Å². The van der Waals surface area contributed by atoms with E-state index in [-0.39, 0.29) is 11.7 Å². The number of aryl methyl sites for hydroxylation is 1. The lowest BCUT2D eigenvalue weighted by Gasteiger charge is -2.17. The molecule has 5 nitrogen and oxygen atoms in total. The maximum atomic E-state index is 12.2. The maximum absolute atomic E-state index is 12.2. The normalized spacial score (nSPS) is 16.3. The summed E-state index contributed by atoms with van der Waals surface area (Å²) in [5.41, 5.74) is 2.65. The second kappa shape index (κ2) is 7.32. The number of carbonyl (C=O) groups excluding carboxylic acids is 1. The highest BCUT2D eigenvalue weighted by Crippen LogP contribution is 2.39. The van der Waals surface area contributed by atoms with Crippen LogP contribution in [0.4, 0.5) is 5.00 Å². The average molecular weight is 358 g/mol. The Morgan fingerprint density at radius 1 is 1.58 bits per heavy atom. The summed E-state index contributed by atoms with van der Waals surface area (Å²) >= 11 is 2.85. The van der Waals surface area contributed by atoms with Crippen molar-refractivity contribution in [3.63, 3.8) is 0 Å². The van der Waals surface area contributed by atoms with Gasteiger partial charge >= 0.3 is 0 Å². The largest absolute Gasteiger partial charge is 0.316 e. The zero-order valence-electron chi connectivity index (χ0n) is 13.6. The summed E-state index contributed by atoms with van der Waals surface area (Å²) in [6.45, 7) is 4.12. The summed E-state index contributed by atoms with van der Waals surface area (Å²) in [6, 6.07) is 4.09. The van der Waals surface area contributed by atoms with Crippen molar-refractivity contribution in [2.45, 2.75) is 38.3 Å². The van der Waals surface area contributed by atoms with Crippen LogP contribution in [0.15, 0.2) is 17.4 Å². The van der Waals surface area contributed by atoms with Gasteiger partial charge in [-0.15, -0.1) is 11.3 Å². The highest BCUT2D eigenvalue weighted by Gasteiger charge is 2.24. The maximum Gasteiger partial charge on any atom is 0.235 e. The number of nitrogens with one attached hydrogen (secondary N) is 1. The Morgan fingerprint density at radius 3 is 3.17 bits per heavy atom. The Bertz CT molecular complexity index is 809. The number of hydrogen-bond acceptors (Lipinski definition) is 6. The molecule has 0 aromatic carbocycles. The van der Waals surface area contributed by atoms with Crippen molar-refractivity contribution >= 4 is 34.0 Å². The number of amides is 1. The molecule has 0 radical (unpaired) electrons. The van der Waals surface area contributed by atoms with Crippen molar-refractivity contribution in [3.05, 3.63) is 34.0 Å². The number of rotatable bonds is 4. The highest BCUT2D eigenvalue weighted by atomic mass is 32.2. The van der Waals surface area contributed by atoms with E-state index in [1.807, 2.05) is 13.0 Å². The van der Waals surface area contributed by atoms with Crippen LogP contribution in [0.2, 0.25) is 0 Å². The summed E-state index contributed by atoms with van der Waals surface area (Å²) < 4.78 is 0. The van der Waals surface area contributed by atoms with Crippen LogP contribution in [0.25, 0.3) is 0 Å². The molecule has 0 unspecified atom stereocenters. The minimum atomic E-state index is -0.131. The van der Waals surface area contributed by atoms with Crippen LogP contribution in [-0.4, -0.2) is 21.6 Å². The van der Waals surface area contributed by atoms with Crippen LogP contribution < -0.4 is 5.32 Å². The van der Waals surface area contributed by atoms with E-state index >= 15 is 0 Å².